The molecule has 0 saturated carbocycles. The van der Waals surface area contributed by atoms with Crippen LogP contribution in [0.1, 0.15) is 19.8 Å². The molecular formula is C14H20N4O2S. The molecule has 6 nitrogen and oxygen atoms in total. The summed E-state index contributed by atoms with van der Waals surface area (Å²) in [7, 11) is 3.75. The third-order valence-corrected chi connectivity index (χ3v) is 3.12. The van der Waals surface area contributed by atoms with E-state index in [4.69, 9.17) is 17.0 Å². The molecular weight excluding hydrogens is 288 g/mol. The van der Waals surface area contributed by atoms with Crippen molar-refractivity contribution in [3.63, 3.8) is 0 Å². The lowest BCUT2D eigenvalue weighted by Crippen LogP contribution is -2.26. The molecule has 1 aliphatic rings. The van der Waals surface area contributed by atoms with Gasteiger partial charge in [-0.1, -0.05) is 12.2 Å². The third kappa shape index (κ3) is 5.92. The summed E-state index contributed by atoms with van der Waals surface area (Å²) in [6.07, 6.45) is 3.41. The van der Waals surface area contributed by atoms with Gasteiger partial charge in [-0.15, -0.1) is 0 Å². The fourth-order valence-corrected chi connectivity index (χ4v) is 2.19. The predicted molar refractivity (Wildman–Crippen MR) is 84.9 cm³/mol. The van der Waals surface area contributed by atoms with E-state index in [0.29, 0.717) is 17.1 Å². The van der Waals surface area contributed by atoms with Gasteiger partial charge in [0.2, 0.25) is 0 Å². The third-order valence-electron chi connectivity index (χ3n) is 2.89. The molecule has 1 fully saturated rings. The van der Waals surface area contributed by atoms with E-state index >= 15 is 0 Å². The van der Waals surface area contributed by atoms with Gasteiger partial charge in [-0.2, -0.15) is 5.26 Å². The molecule has 0 aromatic rings. The lowest BCUT2D eigenvalue weighted by Gasteiger charge is -2.20. The fourth-order valence-electron chi connectivity index (χ4n) is 1.98. The van der Waals surface area contributed by atoms with Crippen LogP contribution in [0.25, 0.3) is 0 Å². The van der Waals surface area contributed by atoms with Gasteiger partial charge in [-0.25, -0.2) is 4.99 Å². The van der Waals surface area contributed by atoms with Crippen molar-refractivity contribution < 1.29 is 9.53 Å². The highest BCUT2D eigenvalue weighted by atomic mass is 32.1. The minimum atomic E-state index is -0.390. The van der Waals surface area contributed by atoms with Gasteiger partial charge in [-0.05, 0) is 12.8 Å². The minimum absolute atomic E-state index is 0.0192. The van der Waals surface area contributed by atoms with E-state index in [-0.39, 0.29) is 12.6 Å². The van der Waals surface area contributed by atoms with Crippen LogP contribution in [0.15, 0.2) is 16.3 Å². The first kappa shape index (κ1) is 17.1. The average Bonchev–Trinajstić information content (AvgIpc) is 2.85. The summed E-state index contributed by atoms with van der Waals surface area (Å²) >= 11 is 5.23. The molecule has 0 N–H and O–H groups in total. The van der Waals surface area contributed by atoms with Crippen LogP contribution in [0.3, 0.4) is 0 Å². The number of rotatable bonds is 5. The molecule has 0 aromatic carbocycles. The maximum absolute atomic E-state index is 10.9. The van der Waals surface area contributed by atoms with Crippen molar-refractivity contribution >= 4 is 29.5 Å². The number of carbonyl (C=O) groups is 1. The van der Waals surface area contributed by atoms with Gasteiger partial charge < -0.3 is 14.5 Å². The second-order valence-electron chi connectivity index (χ2n) is 4.94. The summed E-state index contributed by atoms with van der Waals surface area (Å²) in [5.41, 5.74) is 1.39. The Morgan fingerprint density at radius 1 is 1.62 bits per heavy atom. The highest BCUT2D eigenvalue weighted by Gasteiger charge is 2.22. The van der Waals surface area contributed by atoms with Crippen LogP contribution in [0, 0.1) is 11.3 Å². The molecule has 114 valence electrons. The molecule has 1 saturated heterocycles. The highest BCUT2D eigenvalue weighted by Crippen LogP contribution is 2.24. The molecule has 0 aliphatic carbocycles. The van der Waals surface area contributed by atoms with Crippen LogP contribution in [-0.4, -0.2) is 60.9 Å². The summed E-state index contributed by atoms with van der Waals surface area (Å²) in [6.45, 7) is 2.68. The molecule has 1 rings (SSSR count). The van der Waals surface area contributed by atoms with Crippen molar-refractivity contribution in [2.45, 2.75) is 19.8 Å². The van der Waals surface area contributed by atoms with Crippen molar-refractivity contribution in [1.29, 1.82) is 5.26 Å². The Hall–Kier alpha value is -1.94. The van der Waals surface area contributed by atoms with Crippen molar-refractivity contribution in [1.82, 2.24) is 9.80 Å². The van der Waals surface area contributed by atoms with Gasteiger partial charge >= 0.3 is 5.97 Å². The van der Waals surface area contributed by atoms with E-state index in [1.165, 1.54) is 6.92 Å². The second-order valence-corrected chi connectivity index (χ2v) is 5.42. The van der Waals surface area contributed by atoms with Crippen LogP contribution in [0.4, 0.5) is 0 Å². The van der Waals surface area contributed by atoms with Gasteiger partial charge in [0.25, 0.3) is 0 Å². The number of allylic oxidation sites excluding steroid dienone is 1. The number of likely N-dealkylation sites (tertiary alicyclic amines) is 1. The largest absolute Gasteiger partial charge is 0.460 e. The Morgan fingerprint density at radius 2 is 2.33 bits per heavy atom. The summed E-state index contributed by atoms with van der Waals surface area (Å²) < 4.78 is 4.92. The summed E-state index contributed by atoms with van der Waals surface area (Å²) in [5, 5.41) is 9.23. The van der Waals surface area contributed by atoms with Crippen LogP contribution in [0.2, 0.25) is 0 Å². The van der Waals surface area contributed by atoms with E-state index < -0.39 is 0 Å². The lowest BCUT2D eigenvalue weighted by molar-refractivity contribution is -0.139. The SMILES string of the molecule is CC(=O)OC/C(C#N)=C1/CCCN1CC(=S)N=CN(C)C. The number of hydrogen-bond acceptors (Lipinski definition) is 5. The van der Waals surface area contributed by atoms with Crippen molar-refractivity contribution in [2.24, 2.45) is 4.99 Å². The standard InChI is InChI=1S/C14H20N4O2S/c1-11(19)20-9-12(7-15)13-5-4-6-18(13)8-14(21)16-10-17(2)3/h10H,4-6,8-9H2,1-3H3/b13-12-,16-10?. The zero-order valence-electron chi connectivity index (χ0n) is 12.6. The van der Waals surface area contributed by atoms with Crippen molar-refractivity contribution in [3.8, 4) is 6.07 Å². The lowest BCUT2D eigenvalue weighted by atomic mass is 10.2. The molecule has 0 aromatic heterocycles. The molecule has 0 spiro atoms. The Morgan fingerprint density at radius 3 is 2.90 bits per heavy atom. The monoisotopic (exact) mass is 308 g/mol. The summed E-state index contributed by atoms with van der Waals surface area (Å²) in [6, 6.07) is 2.12. The molecule has 0 amide bonds. The average molecular weight is 308 g/mol. The predicted octanol–water partition coefficient (Wildman–Crippen LogP) is 1.34. The molecule has 0 unspecified atom stereocenters. The van der Waals surface area contributed by atoms with Crippen LogP contribution >= 0.6 is 12.2 Å². The second kappa shape index (κ2) is 8.37. The van der Waals surface area contributed by atoms with Crippen molar-refractivity contribution in [2.75, 3.05) is 33.8 Å². The smallest absolute Gasteiger partial charge is 0.302 e. The van der Waals surface area contributed by atoms with Gasteiger partial charge in [0.1, 0.15) is 17.7 Å². The number of thiocarbonyl (C=S) groups is 1. The Labute approximate surface area is 130 Å². The first-order valence-corrected chi connectivity index (χ1v) is 7.08. The molecule has 1 heterocycles. The first-order chi connectivity index (χ1) is 9.93. The van der Waals surface area contributed by atoms with Gasteiger partial charge in [0.15, 0.2) is 0 Å². The number of nitrogens with zero attached hydrogens (tertiary/aromatic N) is 4. The number of ether oxygens (including phenoxy) is 1. The Bertz CT molecular complexity index is 506. The van der Waals surface area contributed by atoms with Crippen LogP contribution in [0.5, 0.6) is 0 Å². The van der Waals surface area contributed by atoms with Gasteiger partial charge in [0.05, 0.1) is 18.5 Å². The Balaban J connectivity index is 2.75. The number of carbonyl (C=O) groups excluding carboxylic acids is 1. The topological polar surface area (TPSA) is 68.9 Å². The maximum atomic E-state index is 10.9. The summed E-state index contributed by atoms with van der Waals surface area (Å²) in [5.74, 6) is -0.390. The highest BCUT2D eigenvalue weighted by molar-refractivity contribution is 7.80. The Kier molecular flexibility index (Phi) is 6.82. The molecule has 0 radical (unpaired) electrons. The van der Waals surface area contributed by atoms with E-state index in [2.05, 4.69) is 11.1 Å². The zero-order valence-corrected chi connectivity index (χ0v) is 13.4. The van der Waals surface area contributed by atoms with Gasteiger partial charge in [-0.3, -0.25) is 4.79 Å². The molecule has 1 aliphatic heterocycles. The van der Waals surface area contributed by atoms with E-state index in [0.717, 1.165) is 25.1 Å². The van der Waals surface area contributed by atoms with E-state index in [1.807, 2.05) is 23.9 Å². The number of nitriles is 1. The first-order valence-electron chi connectivity index (χ1n) is 6.68. The maximum Gasteiger partial charge on any atom is 0.302 e. The van der Waals surface area contributed by atoms with Gasteiger partial charge in [0, 0.05) is 33.3 Å². The fraction of sp³-hybridized carbons (Fsp3) is 0.571. The van der Waals surface area contributed by atoms with E-state index in [9.17, 15) is 10.1 Å². The van der Waals surface area contributed by atoms with Crippen LogP contribution < -0.4 is 0 Å². The zero-order chi connectivity index (χ0) is 15.8. The summed E-state index contributed by atoms with van der Waals surface area (Å²) in [4.78, 5) is 19.5. The normalized spacial score (nSPS) is 16.8. The number of aliphatic imine (C=N–C) groups is 1. The molecule has 21 heavy (non-hydrogen) atoms. The van der Waals surface area contributed by atoms with E-state index in [1.54, 1.807) is 6.34 Å². The molecule has 0 atom stereocenters. The quantitative estimate of drug-likeness (QED) is 0.251. The molecule has 0 bridgehead atoms. The minimum Gasteiger partial charge on any atom is -0.460 e. The molecule has 7 heteroatoms. The van der Waals surface area contributed by atoms with Crippen molar-refractivity contribution in [3.05, 3.63) is 11.3 Å². The number of hydrogen-bond donors (Lipinski definition) is 0. The number of esters is 1. The van der Waals surface area contributed by atoms with Crippen LogP contribution in [-0.2, 0) is 9.53 Å².